The van der Waals surface area contributed by atoms with Crippen LogP contribution in [0.15, 0.2) is 27.6 Å². The fourth-order valence-corrected chi connectivity index (χ4v) is 2.48. The second kappa shape index (κ2) is 5.69. The molecule has 0 atom stereocenters. The molecule has 4 nitrogen and oxygen atoms in total. The highest BCUT2D eigenvalue weighted by atomic mass is 79.9. The summed E-state index contributed by atoms with van der Waals surface area (Å²) in [7, 11) is 0.895. The number of nitrogens with one attached hydrogen (secondary N) is 1. The van der Waals surface area contributed by atoms with Gasteiger partial charge in [0.2, 0.25) is 0 Å². The summed E-state index contributed by atoms with van der Waals surface area (Å²) in [5.41, 5.74) is -0.479. The molecule has 21 heavy (non-hydrogen) atoms. The van der Waals surface area contributed by atoms with Gasteiger partial charge in [-0.1, -0.05) is 0 Å². The van der Waals surface area contributed by atoms with Crippen molar-refractivity contribution in [2.75, 3.05) is 5.32 Å². The minimum absolute atomic E-state index is 0.240. The smallest absolute Gasteiger partial charge is 0.319 e. The molecule has 0 heterocycles. The Morgan fingerprint density at radius 1 is 1.19 bits per heavy atom. The molecule has 0 saturated heterocycles. The average Bonchev–Trinajstić information content (AvgIpc) is 2.28. The predicted molar refractivity (Wildman–Crippen MR) is 66.8 cm³/mol. The van der Waals surface area contributed by atoms with E-state index < -0.39 is 37.6 Å². The second-order valence-corrected chi connectivity index (χ2v) is 7.03. The number of benzene rings is 1. The minimum atomic E-state index is -6.05. The van der Waals surface area contributed by atoms with Gasteiger partial charge in [-0.25, -0.2) is 8.42 Å². The standard InChI is InChI=1S/C9H4BrClF5NO3S/c10-5-3-4(21(11,19)20)1-2-6(5)17-7(18)8(12,13)9(14,15)16/h1-3H,(H,17,18). The molecule has 1 rings (SSSR count). The summed E-state index contributed by atoms with van der Waals surface area (Å²) in [5, 5.41) is 1.34. The van der Waals surface area contributed by atoms with Crippen molar-refractivity contribution in [2.24, 2.45) is 0 Å². The number of carbonyl (C=O) groups excluding carboxylic acids is 1. The van der Waals surface area contributed by atoms with E-state index in [1.165, 1.54) is 5.32 Å². The molecular weight excluding hydrogens is 413 g/mol. The molecule has 118 valence electrons. The molecule has 0 saturated carbocycles. The third kappa shape index (κ3) is 4.04. The Morgan fingerprint density at radius 3 is 2.10 bits per heavy atom. The molecule has 0 radical (unpaired) electrons. The van der Waals surface area contributed by atoms with Gasteiger partial charge >= 0.3 is 18.0 Å². The zero-order valence-electron chi connectivity index (χ0n) is 9.51. The summed E-state index contributed by atoms with van der Waals surface area (Å²) >= 11 is 2.72. The zero-order valence-corrected chi connectivity index (χ0v) is 12.7. The average molecular weight is 417 g/mol. The molecule has 1 N–H and O–H groups in total. The van der Waals surface area contributed by atoms with Crippen LogP contribution >= 0.6 is 26.6 Å². The van der Waals surface area contributed by atoms with Gasteiger partial charge in [-0.05, 0) is 34.1 Å². The van der Waals surface area contributed by atoms with Crippen molar-refractivity contribution in [2.45, 2.75) is 17.0 Å². The van der Waals surface area contributed by atoms with Crippen molar-refractivity contribution in [3.05, 3.63) is 22.7 Å². The number of hydrogen-bond donors (Lipinski definition) is 1. The van der Waals surface area contributed by atoms with Crippen molar-refractivity contribution >= 4 is 47.3 Å². The van der Waals surface area contributed by atoms with Crippen LogP contribution in [0.4, 0.5) is 27.6 Å². The molecule has 0 aromatic heterocycles. The van der Waals surface area contributed by atoms with Crippen molar-refractivity contribution in [1.82, 2.24) is 0 Å². The summed E-state index contributed by atoms with van der Waals surface area (Å²) < 4.78 is 83.2. The summed E-state index contributed by atoms with van der Waals surface area (Å²) in [6.45, 7) is 0. The van der Waals surface area contributed by atoms with Gasteiger partial charge in [0.25, 0.3) is 9.05 Å². The quantitative estimate of drug-likeness (QED) is 0.606. The van der Waals surface area contributed by atoms with E-state index in [9.17, 15) is 35.2 Å². The number of halogens is 7. The maximum atomic E-state index is 12.7. The number of alkyl halides is 5. The Balaban J connectivity index is 3.08. The minimum Gasteiger partial charge on any atom is -0.319 e. The van der Waals surface area contributed by atoms with Crippen LogP contribution < -0.4 is 5.32 Å². The molecule has 0 aliphatic carbocycles. The van der Waals surface area contributed by atoms with Crippen LogP contribution in [0.25, 0.3) is 0 Å². The lowest BCUT2D eigenvalue weighted by Gasteiger charge is -2.19. The third-order valence-corrected chi connectivity index (χ3v) is 4.12. The van der Waals surface area contributed by atoms with Gasteiger partial charge in [-0.15, -0.1) is 0 Å². The largest absolute Gasteiger partial charge is 0.463 e. The number of rotatable bonds is 3. The lowest BCUT2D eigenvalue weighted by molar-refractivity contribution is -0.267. The van der Waals surface area contributed by atoms with Gasteiger partial charge < -0.3 is 5.32 Å². The highest BCUT2D eigenvalue weighted by Gasteiger charge is 2.63. The Bertz CT molecular complexity index is 676. The maximum absolute atomic E-state index is 12.7. The lowest BCUT2D eigenvalue weighted by atomic mass is 10.2. The molecule has 0 aliphatic heterocycles. The van der Waals surface area contributed by atoms with Crippen LogP contribution in [0.3, 0.4) is 0 Å². The maximum Gasteiger partial charge on any atom is 0.463 e. The Hall–Kier alpha value is -0.940. The number of hydrogen-bond acceptors (Lipinski definition) is 3. The fourth-order valence-electron chi connectivity index (χ4n) is 1.08. The zero-order chi connectivity index (χ0) is 16.6. The Kier molecular flexibility index (Phi) is 4.91. The molecule has 0 spiro atoms. The lowest BCUT2D eigenvalue weighted by Crippen LogP contribution is -2.47. The summed E-state index contributed by atoms with van der Waals surface area (Å²) in [6, 6.07) is 2.47. The monoisotopic (exact) mass is 415 g/mol. The van der Waals surface area contributed by atoms with Crippen LogP contribution in [0.2, 0.25) is 0 Å². The first kappa shape index (κ1) is 18.1. The Labute approximate surface area is 127 Å². The van der Waals surface area contributed by atoms with Gasteiger partial charge in [-0.3, -0.25) is 4.79 Å². The topological polar surface area (TPSA) is 63.2 Å². The molecule has 12 heteroatoms. The van der Waals surface area contributed by atoms with Gasteiger partial charge in [-0.2, -0.15) is 22.0 Å². The highest BCUT2D eigenvalue weighted by molar-refractivity contribution is 9.10. The molecule has 1 aromatic carbocycles. The van der Waals surface area contributed by atoms with Gasteiger partial charge in [0.15, 0.2) is 0 Å². The van der Waals surface area contributed by atoms with E-state index in [1.807, 2.05) is 0 Å². The van der Waals surface area contributed by atoms with Crippen LogP contribution in [0, 0.1) is 0 Å². The van der Waals surface area contributed by atoms with Crippen LogP contribution in [-0.2, 0) is 13.8 Å². The first-order valence-electron chi connectivity index (χ1n) is 4.77. The normalized spacial score (nSPS) is 13.1. The fraction of sp³-hybridized carbons (Fsp3) is 0.222. The van der Waals surface area contributed by atoms with Crippen molar-refractivity contribution in [3.8, 4) is 0 Å². The van der Waals surface area contributed by atoms with Crippen molar-refractivity contribution < 1.29 is 35.2 Å². The molecule has 0 bridgehead atoms. The summed E-state index contributed by atoms with van der Waals surface area (Å²) in [6.07, 6.45) is -6.05. The number of anilines is 1. The first-order valence-corrected chi connectivity index (χ1v) is 7.87. The summed E-state index contributed by atoms with van der Waals surface area (Å²) in [4.78, 5) is 10.5. The Morgan fingerprint density at radius 2 is 1.71 bits per heavy atom. The second-order valence-electron chi connectivity index (χ2n) is 3.61. The molecule has 0 fully saturated rings. The molecule has 0 aliphatic rings. The van der Waals surface area contributed by atoms with Crippen LogP contribution in [0.5, 0.6) is 0 Å². The van der Waals surface area contributed by atoms with Gasteiger partial charge in [0.05, 0.1) is 10.6 Å². The first-order chi connectivity index (χ1) is 9.26. The SMILES string of the molecule is O=C(Nc1ccc(S(=O)(=O)Cl)cc1Br)C(F)(F)C(F)(F)F. The van der Waals surface area contributed by atoms with E-state index in [2.05, 4.69) is 15.9 Å². The third-order valence-electron chi connectivity index (χ3n) is 2.11. The highest BCUT2D eigenvalue weighted by Crippen LogP contribution is 2.37. The van der Waals surface area contributed by atoms with Gasteiger partial charge in [0, 0.05) is 15.2 Å². The predicted octanol–water partition coefficient (Wildman–Crippen LogP) is 3.51. The van der Waals surface area contributed by atoms with Gasteiger partial charge in [0.1, 0.15) is 0 Å². The number of amides is 1. The van der Waals surface area contributed by atoms with E-state index in [0.29, 0.717) is 0 Å². The molecule has 1 amide bonds. The molecule has 1 aromatic rings. The molecular formula is C9H4BrClF5NO3S. The summed E-state index contributed by atoms with van der Waals surface area (Å²) in [5.74, 6) is -8.19. The number of carbonyl (C=O) groups is 1. The van der Waals surface area contributed by atoms with Crippen LogP contribution in [0.1, 0.15) is 0 Å². The molecule has 0 unspecified atom stereocenters. The van der Waals surface area contributed by atoms with E-state index in [-0.39, 0.29) is 4.47 Å². The van der Waals surface area contributed by atoms with Crippen molar-refractivity contribution in [1.29, 1.82) is 0 Å². The van der Waals surface area contributed by atoms with Crippen LogP contribution in [-0.4, -0.2) is 26.4 Å². The van der Waals surface area contributed by atoms with Crippen molar-refractivity contribution in [3.63, 3.8) is 0 Å². The van der Waals surface area contributed by atoms with E-state index in [4.69, 9.17) is 10.7 Å². The van der Waals surface area contributed by atoms with E-state index in [1.54, 1.807) is 0 Å². The van der Waals surface area contributed by atoms with E-state index in [0.717, 1.165) is 18.2 Å². The van der Waals surface area contributed by atoms with E-state index >= 15 is 0 Å².